The molecule has 0 aliphatic heterocycles. The first kappa shape index (κ1) is 13.0. The Morgan fingerprint density at radius 3 is 2.13 bits per heavy atom. The van der Waals surface area contributed by atoms with Crippen molar-refractivity contribution in [3.8, 4) is 0 Å². The van der Waals surface area contributed by atoms with Crippen LogP contribution in [0, 0.1) is 17.3 Å². The monoisotopic (exact) mass is 214 g/mol. The smallest absolute Gasteiger partial charge is 0.0578 e. The number of hydrogen-bond donors (Lipinski definition) is 2. The van der Waals surface area contributed by atoms with E-state index in [2.05, 4.69) is 27.7 Å². The fourth-order valence-electron chi connectivity index (χ4n) is 2.78. The van der Waals surface area contributed by atoms with Crippen LogP contribution in [0.2, 0.25) is 0 Å². The molecule has 0 aromatic rings. The van der Waals surface area contributed by atoms with Gasteiger partial charge in [0, 0.05) is 0 Å². The summed E-state index contributed by atoms with van der Waals surface area (Å²) in [6, 6.07) is 0. The van der Waals surface area contributed by atoms with Gasteiger partial charge in [-0.25, -0.2) is 0 Å². The van der Waals surface area contributed by atoms with Gasteiger partial charge in [0.1, 0.15) is 0 Å². The van der Waals surface area contributed by atoms with Crippen LogP contribution < -0.4 is 0 Å². The summed E-state index contributed by atoms with van der Waals surface area (Å²) in [5.41, 5.74) is 0.138. The molecule has 2 N–H and O–H groups in total. The van der Waals surface area contributed by atoms with E-state index in [1.54, 1.807) is 0 Å². The summed E-state index contributed by atoms with van der Waals surface area (Å²) in [6.07, 6.45) is 3.12. The van der Waals surface area contributed by atoms with Gasteiger partial charge < -0.3 is 10.2 Å². The van der Waals surface area contributed by atoms with E-state index < -0.39 is 0 Å². The minimum Gasteiger partial charge on any atom is -0.393 e. The standard InChI is InChI=1S/C13H26O2/c1-5-9-7-12(15)10(8-11(9)14)13(3,4)6-2/h9-12,14-15H,5-8H2,1-4H3. The predicted molar refractivity (Wildman–Crippen MR) is 62.6 cm³/mol. The lowest BCUT2D eigenvalue weighted by Crippen LogP contribution is -2.44. The maximum Gasteiger partial charge on any atom is 0.0578 e. The van der Waals surface area contributed by atoms with Crippen molar-refractivity contribution < 1.29 is 10.2 Å². The number of rotatable bonds is 3. The van der Waals surface area contributed by atoms with E-state index in [0.717, 1.165) is 25.7 Å². The van der Waals surface area contributed by atoms with Crippen LogP contribution >= 0.6 is 0 Å². The molecule has 1 saturated carbocycles. The van der Waals surface area contributed by atoms with Crippen molar-refractivity contribution in [2.75, 3.05) is 0 Å². The van der Waals surface area contributed by atoms with Gasteiger partial charge in [-0.3, -0.25) is 0 Å². The minimum absolute atomic E-state index is 0.138. The van der Waals surface area contributed by atoms with E-state index >= 15 is 0 Å². The topological polar surface area (TPSA) is 40.5 Å². The molecule has 4 unspecified atom stereocenters. The van der Waals surface area contributed by atoms with Gasteiger partial charge in [0.05, 0.1) is 12.2 Å². The number of aliphatic hydroxyl groups is 2. The average molecular weight is 214 g/mol. The molecule has 2 heteroatoms. The van der Waals surface area contributed by atoms with Crippen molar-refractivity contribution in [3.05, 3.63) is 0 Å². The Balaban J connectivity index is 2.70. The molecule has 0 spiro atoms. The van der Waals surface area contributed by atoms with E-state index in [0.29, 0.717) is 5.92 Å². The highest BCUT2D eigenvalue weighted by atomic mass is 16.3. The Hall–Kier alpha value is -0.0800. The van der Waals surface area contributed by atoms with Crippen molar-refractivity contribution in [1.82, 2.24) is 0 Å². The van der Waals surface area contributed by atoms with Crippen molar-refractivity contribution in [2.24, 2.45) is 17.3 Å². The SMILES string of the molecule is CCC1CC(O)C(C(C)(C)CC)CC1O. The molecule has 0 aromatic carbocycles. The van der Waals surface area contributed by atoms with Crippen LogP contribution in [0.15, 0.2) is 0 Å². The Morgan fingerprint density at radius 1 is 1.07 bits per heavy atom. The molecular weight excluding hydrogens is 188 g/mol. The number of aliphatic hydroxyl groups excluding tert-OH is 2. The van der Waals surface area contributed by atoms with E-state index in [1.165, 1.54) is 0 Å². The molecule has 0 amide bonds. The number of hydrogen-bond acceptors (Lipinski definition) is 2. The van der Waals surface area contributed by atoms with Gasteiger partial charge in [-0.05, 0) is 30.1 Å². The van der Waals surface area contributed by atoms with Crippen molar-refractivity contribution in [2.45, 2.75) is 65.6 Å². The van der Waals surface area contributed by atoms with Crippen LogP contribution in [0.25, 0.3) is 0 Å². The highest BCUT2D eigenvalue weighted by Crippen LogP contribution is 2.42. The predicted octanol–water partition coefficient (Wildman–Crippen LogP) is 2.58. The summed E-state index contributed by atoms with van der Waals surface area (Å²) in [4.78, 5) is 0. The first-order valence-electron chi connectivity index (χ1n) is 6.28. The molecule has 1 aliphatic carbocycles. The fraction of sp³-hybridized carbons (Fsp3) is 1.00. The second kappa shape index (κ2) is 4.84. The lowest BCUT2D eigenvalue weighted by atomic mass is 9.65. The Bertz CT molecular complexity index is 201. The molecule has 2 nitrogen and oxygen atoms in total. The Labute approximate surface area is 93.7 Å². The molecule has 0 heterocycles. The van der Waals surface area contributed by atoms with Crippen LogP contribution in [-0.2, 0) is 0 Å². The second-order valence-electron chi connectivity index (χ2n) is 5.72. The van der Waals surface area contributed by atoms with Crippen molar-refractivity contribution in [1.29, 1.82) is 0 Å². The third-order valence-electron chi connectivity index (χ3n) is 4.49. The maximum atomic E-state index is 10.1. The summed E-state index contributed by atoms with van der Waals surface area (Å²) in [6.45, 7) is 8.64. The van der Waals surface area contributed by atoms with Crippen molar-refractivity contribution in [3.63, 3.8) is 0 Å². The molecular formula is C13H26O2. The first-order valence-corrected chi connectivity index (χ1v) is 6.28. The first-order chi connectivity index (χ1) is 6.92. The summed E-state index contributed by atoms with van der Waals surface area (Å²) >= 11 is 0. The van der Waals surface area contributed by atoms with Gasteiger partial charge in [0.25, 0.3) is 0 Å². The summed E-state index contributed by atoms with van der Waals surface area (Å²) in [5, 5.41) is 20.1. The molecule has 1 rings (SSSR count). The summed E-state index contributed by atoms with van der Waals surface area (Å²) in [7, 11) is 0. The second-order valence-corrected chi connectivity index (χ2v) is 5.72. The molecule has 90 valence electrons. The molecule has 0 aromatic heterocycles. The van der Waals surface area contributed by atoms with Gasteiger partial charge in [0.2, 0.25) is 0 Å². The fourth-order valence-corrected chi connectivity index (χ4v) is 2.78. The summed E-state index contributed by atoms with van der Waals surface area (Å²) in [5.74, 6) is 0.546. The third-order valence-corrected chi connectivity index (χ3v) is 4.49. The quantitative estimate of drug-likeness (QED) is 0.758. The minimum atomic E-state index is -0.228. The zero-order valence-corrected chi connectivity index (χ0v) is 10.5. The largest absolute Gasteiger partial charge is 0.393 e. The molecule has 15 heavy (non-hydrogen) atoms. The Morgan fingerprint density at radius 2 is 1.67 bits per heavy atom. The zero-order valence-electron chi connectivity index (χ0n) is 10.5. The maximum absolute atomic E-state index is 10.1. The van der Waals surface area contributed by atoms with Gasteiger partial charge in [0.15, 0.2) is 0 Å². The molecule has 4 atom stereocenters. The van der Waals surface area contributed by atoms with Crippen LogP contribution in [0.5, 0.6) is 0 Å². The van der Waals surface area contributed by atoms with Gasteiger partial charge in [-0.1, -0.05) is 40.5 Å². The lowest BCUT2D eigenvalue weighted by molar-refractivity contribution is -0.0734. The van der Waals surface area contributed by atoms with E-state index in [4.69, 9.17) is 0 Å². The molecule has 0 bridgehead atoms. The van der Waals surface area contributed by atoms with Crippen LogP contribution in [0.1, 0.15) is 53.4 Å². The Kier molecular flexibility index (Phi) is 4.19. The van der Waals surface area contributed by atoms with E-state index in [1.807, 2.05) is 0 Å². The van der Waals surface area contributed by atoms with E-state index in [-0.39, 0.29) is 23.5 Å². The van der Waals surface area contributed by atoms with Gasteiger partial charge in [-0.2, -0.15) is 0 Å². The molecule has 0 radical (unpaired) electrons. The summed E-state index contributed by atoms with van der Waals surface area (Å²) < 4.78 is 0. The normalized spacial score (nSPS) is 38.0. The van der Waals surface area contributed by atoms with Crippen LogP contribution in [-0.4, -0.2) is 22.4 Å². The zero-order chi connectivity index (χ0) is 11.6. The van der Waals surface area contributed by atoms with E-state index in [9.17, 15) is 10.2 Å². The van der Waals surface area contributed by atoms with Crippen molar-refractivity contribution >= 4 is 0 Å². The van der Waals surface area contributed by atoms with Crippen LogP contribution in [0.4, 0.5) is 0 Å². The molecule has 1 fully saturated rings. The lowest BCUT2D eigenvalue weighted by Gasteiger charge is -2.44. The highest BCUT2D eigenvalue weighted by Gasteiger charge is 2.41. The van der Waals surface area contributed by atoms with Gasteiger partial charge >= 0.3 is 0 Å². The molecule has 1 aliphatic rings. The van der Waals surface area contributed by atoms with Gasteiger partial charge in [-0.15, -0.1) is 0 Å². The third kappa shape index (κ3) is 2.73. The average Bonchev–Trinajstić information content (AvgIpc) is 2.20. The molecule has 0 saturated heterocycles. The van der Waals surface area contributed by atoms with Crippen LogP contribution in [0.3, 0.4) is 0 Å². The highest BCUT2D eigenvalue weighted by molar-refractivity contribution is 4.91.